The van der Waals surface area contributed by atoms with Crippen LogP contribution in [0.25, 0.3) is 10.2 Å². The van der Waals surface area contributed by atoms with E-state index in [2.05, 4.69) is 40.3 Å². The van der Waals surface area contributed by atoms with Gasteiger partial charge in [0.2, 0.25) is 5.95 Å². The van der Waals surface area contributed by atoms with E-state index in [1.54, 1.807) is 11.3 Å². The minimum absolute atomic E-state index is 0.300. The van der Waals surface area contributed by atoms with Crippen LogP contribution >= 0.6 is 11.3 Å². The van der Waals surface area contributed by atoms with E-state index < -0.39 is 0 Å². The smallest absolute Gasteiger partial charge is 0.223 e. The minimum Gasteiger partial charge on any atom is -0.368 e. The third-order valence-corrected chi connectivity index (χ3v) is 4.25. The molecule has 0 atom stereocenters. The van der Waals surface area contributed by atoms with Gasteiger partial charge in [0.25, 0.3) is 0 Å². The number of thiophene rings is 1. The third kappa shape index (κ3) is 2.69. The van der Waals surface area contributed by atoms with E-state index in [-0.39, 0.29) is 0 Å². The zero-order chi connectivity index (χ0) is 15.0. The first-order chi connectivity index (χ1) is 10.1. The predicted octanol–water partition coefficient (Wildman–Crippen LogP) is 2.49. The van der Waals surface area contributed by atoms with E-state index in [0.29, 0.717) is 12.5 Å². The number of fused-ring (bicyclic) bond motifs is 1. The van der Waals surface area contributed by atoms with Gasteiger partial charge in [0.1, 0.15) is 10.6 Å². The monoisotopic (exact) mass is 302 g/mol. The molecule has 0 aromatic carbocycles. The Morgan fingerprint density at radius 3 is 2.95 bits per heavy atom. The zero-order valence-corrected chi connectivity index (χ0v) is 13.2. The molecule has 6 nitrogen and oxygen atoms in total. The first kappa shape index (κ1) is 13.8. The number of aryl methyl sites for hydroxylation is 3. The Bertz CT molecular complexity index is 788. The summed E-state index contributed by atoms with van der Waals surface area (Å²) in [5, 5.41) is 8.84. The van der Waals surface area contributed by atoms with Crippen LogP contribution in [0, 0.1) is 6.92 Å². The number of nitrogens with two attached hydrogens (primary N) is 1. The summed E-state index contributed by atoms with van der Waals surface area (Å²) >= 11 is 1.63. The van der Waals surface area contributed by atoms with E-state index in [1.165, 1.54) is 10.4 Å². The van der Waals surface area contributed by atoms with Crippen LogP contribution in [-0.4, -0.2) is 19.7 Å². The summed E-state index contributed by atoms with van der Waals surface area (Å²) in [6.07, 6.45) is 2.95. The molecule has 3 heterocycles. The molecule has 0 bridgehead atoms. The molecule has 0 unspecified atom stereocenters. The Balaban J connectivity index is 1.91. The van der Waals surface area contributed by atoms with Crippen LogP contribution < -0.4 is 11.1 Å². The van der Waals surface area contributed by atoms with Crippen LogP contribution in [0.2, 0.25) is 0 Å². The van der Waals surface area contributed by atoms with Gasteiger partial charge in [0, 0.05) is 30.2 Å². The fraction of sp³-hybridized carbons (Fsp3) is 0.357. The molecule has 3 aromatic heterocycles. The SMILES string of the molecule is CCc1nn(C)cc1CNc1nc(N)nc2sc(C)cc12. The van der Waals surface area contributed by atoms with E-state index in [4.69, 9.17) is 5.73 Å². The lowest BCUT2D eigenvalue weighted by Crippen LogP contribution is -2.05. The van der Waals surface area contributed by atoms with Gasteiger partial charge in [-0.2, -0.15) is 10.1 Å². The lowest BCUT2D eigenvalue weighted by Gasteiger charge is -2.07. The Morgan fingerprint density at radius 2 is 2.19 bits per heavy atom. The van der Waals surface area contributed by atoms with Crippen LogP contribution in [0.3, 0.4) is 0 Å². The van der Waals surface area contributed by atoms with Crippen molar-refractivity contribution in [3.63, 3.8) is 0 Å². The van der Waals surface area contributed by atoms with Crippen LogP contribution in [-0.2, 0) is 20.0 Å². The fourth-order valence-corrected chi connectivity index (χ4v) is 3.29. The summed E-state index contributed by atoms with van der Waals surface area (Å²) in [6, 6.07) is 2.09. The number of anilines is 2. The van der Waals surface area contributed by atoms with Gasteiger partial charge in [-0.25, -0.2) is 4.98 Å². The molecule has 0 spiro atoms. The Labute approximate surface area is 127 Å². The first-order valence-corrected chi connectivity index (χ1v) is 7.67. The highest BCUT2D eigenvalue weighted by molar-refractivity contribution is 7.18. The third-order valence-electron chi connectivity index (χ3n) is 3.31. The number of hydrogen-bond donors (Lipinski definition) is 2. The van der Waals surface area contributed by atoms with Crippen LogP contribution in [0.1, 0.15) is 23.1 Å². The maximum atomic E-state index is 5.79. The summed E-state index contributed by atoms with van der Waals surface area (Å²) in [6.45, 7) is 4.84. The maximum absolute atomic E-state index is 5.79. The molecule has 3 rings (SSSR count). The number of nitrogen functional groups attached to an aromatic ring is 1. The van der Waals surface area contributed by atoms with Crippen LogP contribution in [0.15, 0.2) is 12.3 Å². The van der Waals surface area contributed by atoms with Crippen molar-refractivity contribution in [1.29, 1.82) is 0 Å². The van der Waals surface area contributed by atoms with Gasteiger partial charge in [-0.1, -0.05) is 6.92 Å². The van der Waals surface area contributed by atoms with Crippen molar-refractivity contribution < 1.29 is 0 Å². The van der Waals surface area contributed by atoms with Crippen molar-refractivity contribution in [3.8, 4) is 0 Å². The normalized spacial score (nSPS) is 11.2. The molecular weight excluding hydrogens is 284 g/mol. The van der Waals surface area contributed by atoms with Crippen molar-refractivity contribution in [3.05, 3.63) is 28.4 Å². The van der Waals surface area contributed by atoms with Gasteiger partial charge in [-0.05, 0) is 19.4 Å². The van der Waals surface area contributed by atoms with Crippen molar-refractivity contribution in [2.45, 2.75) is 26.8 Å². The lowest BCUT2D eigenvalue weighted by atomic mass is 10.2. The Hall–Kier alpha value is -2.15. The van der Waals surface area contributed by atoms with Gasteiger partial charge >= 0.3 is 0 Å². The highest BCUT2D eigenvalue weighted by Gasteiger charge is 2.11. The molecule has 0 amide bonds. The van der Waals surface area contributed by atoms with Gasteiger partial charge < -0.3 is 11.1 Å². The summed E-state index contributed by atoms with van der Waals surface area (Å²) in [5.74, 6) is 1.08. The topological polar surface area (TPSA) is 81.7 Å². The molecule has 0 aliphatic rings. The second kappa shape index (κ2) is 5.33. The molecule has 0 aliphatic carbocycles. The number of nitrogens with zero attached hydrogens (tertiary/aromatic N) is 4. The average Bonchev–Trinajstić information content (AvgIpc) is 2.97. The van der Waals surface area contributed by atoms with Crippen molar-refractivity contribution >= 4 is 33.3 Å². The van der Waals surface area contributed by atoms with Crippen molar-refractivity contribution in [1.82, 2.24) is 19.7 Å². The van der Waals surface area contributed by atoms with Crippen LogP contribution in [0.4, 0.5) is 11.8 Å². The molecule has 0 aliphatic heterocycles. The summed E-state index contributed by atoms with van der Waals surface area (Å²) in [7, 11) is 1.94. The molecule has 3 N–H and O–H groups in total. The molecule has 21 heavy (non-hydrogen) atoms. The Morgan fingerprint density at radius 1 is 1.38 bits per heavy atom. The highest BCUT2D eigenvalue weighted by atomic mass is 32.1. The van der Waals surface area contributed by atoms with Crippen molar-refractivity contribution in [2.75, 3.05) is 11.1 Å². The van der Waals surface area contributed by atoms with Gasteiger partial charge in [-0.15, -0.1) is 11.3 Å². The summed E-state index contributed by atoms with van der Waals surface area (Å²) in [4.78, 5) is 10.7. The number of aromatic nitrogens is 4. The summed E-state index contributed by atoms with van der Waals surface area (Å²) in [5.41, 5.74) is 8.07. The largest absolute Gasteiger partial charge is 0.368 e. The molecule has 7 heteroatoms. The predicted molar refractivity (Wildman–Crippen MR) is 86.5 cm³/mol. The fourth-order valence-electron chi connectivity index (χ4n) is 2.40. The zero-order valence-electron chi connectivity index (χ0n) is 12.3. The van der Waals surface area contributed by atoms with Gasteiger partial charge in [0.15, 0.2) is 0 Å². The van der Waals surface area contributed by atoms with E-state index in [9.17, 15) is 0 Å². The van der Waals surface area contributed by atoms with Gasteiger partial charge in [0.05, 0.1) is 11.1 Å². The van der Waals surface area contributed by atoms with Crippen molar-refractivity contribution in [2.24, 2.45) is 7.05 Å². The second-order valence-electron chi connectivity index (χ2n) is 4.99. The highest BCUT2D eigenvalue weighted by Crippen LogP contribution is 2.29. The quantitative estimate of drug-likeness (QED) is 0.774. The molecular formula is C14H18N6S. The molecule has 110 valence electrons. The van der Waals surface area contributed by atoms with E-state index in [1.807, 2.05) is 17.9 Å². The standard InChI is InChI=1S/C14H18N6S/c1-4-11-9(7-20(3)19-11)6-16-12-10-5-8(2)21-13(10)18-14(15)17-12/h5,7H,4,6H2,1-3H3,(H3,15,16,17,18). The number of rotatable bonds is 4. The van der Waals surface area contributed by atoms with E-state index in [0.717, 1.165) is 28.1 Å². The molecule has 0 saturated heterocycles. The lowest BCUT2D eigenvalue weighted by molar-refractivity contribution is 0.746. The Kier molecular flexibility index (Phi) is 3.50. The van der Waals surface area contributed by atoms with Crippen LogP contribution in [0.5, 0.6) is 0 Å². The first-order valence-electron chi connectivity index (χ1n) is 6.85. The van der Waals surface area contributed by atoms with E-state index >= 15 is 0 Å². The number of hydrogen-bond acceptors (Lipinski definition) is 6. The molecule has 3 aromatic rings. The maximum Gasteiger partial charge on any atom is 0.223 e. The molecule has 0 radical (unpaired) electrons. The summed E-state index contributed by atoms with van der Waals surface area (Å²) < 4.78 is 1.84. The number of nitrogens with one attached hydrogen (secondary N) is 1. The average molecular weight is 302 g/mol. The minimum atomic E-state index is 0.300. The van der Waals surface area contributed by atoms with Gasteiger partial charge in [-0.3, -0.25) is 4.68 Å². The molecule has 0 fully saturated rings. The molecule has 0 saturated carbocycles. The second-order valence-corrected chi connectivity index (χ2v) is 6.22.